The van der Waals surface area contributed by atoms with E-state index >= 15 is 0 Å². The number of nitrogens with one attached hydrogen (secondary N) is 2. The molecule has 1 aliphatic heterocycles. The summed E-state index contributed by atoms with van der Waals surface area (Å²) in [6, 6.07) is 5.69. The lowest BCUT2D eigenvalue weighted by atomic mass is 9.97. The average Bonchev–Trinajstić information content (AvgIpc) is 3.31. The van der Waals surface area contributed by atoms with E-state index in [0.29, 0.717) is 28.7 Å². The topological polar surface area (TPSA) is 83.8 Å². The van der Waals surface area contributed by atoms with Gasteiger partial charge in [-0.15, -0.1) is 18.3 Å². The summed E-state index contributed by atoms with van der Waals surface area (Å²) < 4.78 is 42.9. The Morgan fingerprint density at radius 2 is 2.09 bits per heavy atom. The number of fused-ring (bicyclic) bond motifs is 1. The molecule has 8 nitrogen and oxygen atoms in total. The molecule has 1 aliphatic rings. The number of aromatic nitrogens is 3. The predicted molar refractivity (Wildman–Crippen MR) is 115 cm³/mol. The van der Waals surface area contributed by atoms with Crippen LogP contribution in [0.25, 0.3) is 16.2 Å². The number of hydrogen-bond acceptors (Lipinski definition) is 6. The van der Waals surface area contributed by atoms with Crippen molar-refractivity contribution in [3.63, 3.8) is 0 Å². The number of carbonyl (C=O) groups is 1. The van der Waals surface area contributed by atoms with Crippen LogP contribution in [0.15, 0.2) is 30.5 Å². The van der Waals surface area contributed by atoms with E-state index in [4.69, 9.17) is 0 Å². The van der Waals surface area contributed by atoms with Crippen molar-refractivity contribution in [3.8, 4) is 17.0 Å². The number of likely N-dealkylation sites (tertiary alicyclic amines) is 1. The van der Waals surface area contributed by atoms with E-state index in [1.165, 1.54) is 29.5 Å². The lowest BCUT2D eigenvalue weighted by Gasteiger charge is -2.31. The number of hydrogen-bond donors (Lipinski definition) is 2. The van der Waals surface area contributed by atoms with Crippen LogP contribution in [0.3, 0.4) is 0 Å². The maximum absolute atomic E-state index is 12.5. The second kappa shape index (κ2) is 9.23. The second-order valence-corrected chi connectivity index (χ2v) is 8.44. The van der Waals surface area contributed by atoms with Crippen LogP contribution in [0, 0.1) is 5.92 Å². The number of nitrogens with zero attached hydrogens (tertiary/aromatic N) is 4. The van der Waals surface area contributed by atoms with E-state index in [1.807, 2.05) is 11.8 Å². The fraction of sp³-hybridized carbons (Fsp3) is 0.450. The van der Waals surface area contributed by atoms with Crippen molar-refractivity contribution in [2.75, 3.05) is 31.5 Å². The number of rotatable bonds is 6. The Morgan fingerprint density at radius 3 is 2.78 bits per heavy atom. The van der Waals surface area contributed by atoms with Crippen LogP contribution < -0.4 is 15.4 Å². The smallest absolute Gasteiger partial charge is 0.406 e. The lowest BCUT2D eigenvalue weighted by molar-refractivity contribution is -0.274. The molecule has 2 aromatic heterocycles. The largest absolute Gasteiger partial charge is 0.573 e. The van der Waals surface area contributed by atoms with Gasteiger partial charge in [-0.05, 0) is 37.8 Å². The first-order chi connectivity index (χ1) is 15.3. The van der Waals surface area contributed by atoms with Crippen LogP contribution >= 0.6 is 11.3 Å². The van der Waals surface area contributed by atoms with E-state index < -0.39 is 6.36 Å². The Balaban J connectivity index is 1.34. The standard InChI is InChI=1S/C20H23F3N6O2S/c1-2-24-18(30)28-8-6-13(7-9-28)11-25-17-27-29-12-16(26-19(29)32-17)14-4-3-5-15(10-14)31-20(21,22)23/h3-5,10,12-13H,2,6-9,11H2,1H3,(H,24,30)(H,25,27). The molecule has 4 rings (SSSR count). The molecule has 0 atom stereocenters. The van der Waals surface area contributed by atoms with Crippen molar-refractivity contribution in [1.82, 2.24) is 24.8 Å². The third kappa shape index (κ3) is 5.42. The SMILES string of the molecule is CCNC(=O)N1CCC(CNc2nn3cc(-c4cccc(OC(F)(F)F)c4)nc3s2)CC1. The maximum atomic E-state index is 12.5. The van der Waals surface area contributed by atoms with Gasteiger partial charge in [-0.25, -0.2) is 14.3 Å². The van der Waals surface area contributed by atoms with E-state index in [9.17, 15) is 18.0 Å². The first-order valence-electron chi connectivity index (χ1n) is 10.3. The Morgan fingerprint density at radius 1 is 1.31 bits per heavy atom. The van der Waals surface area contributed by atoms with E-state index in [-0.39, 0.29) is 11.8 Å². The molecule has 12 heteroatoms. The summed E-state index contributed by atoms with van der Waals surface area (Å²) >= 11 is 1.37. The molecule has 2 N–H and O–H groups in total. The Hall–Kier alpha value is -3.02. The molecule has 0 unspecified atom stereocenters. The van der Waals surface area contributed by atoms with Crippen molar-refractivity contribution in [3.05, 3.63) is 30.5 Å². The van der Waals surface area contributed by atoms with Gasteiger partial charge in [0, 0.05) is 31.7 Å². The van der Waals surface area contributed by atoms with Gasteiger partial charge in [-0.3, -0.25) is 0 Å². The number of benzene rings is 1. The zero-order valence-electron chi connectivity index (χ0n) is 17.4. The molecule has 0 aliphatic carbocycles. The van der Waals surface area contributed by atoms with Crippen LogP contribution in [0.5, 0.6) is 5.75 Å². The number of alkyl halides is 3. The summed E-state index contributed by atoms with van der Waals surface area (Å²) in [5.74, 6) is 0.156. The minimum Gasteiger partial charge on any atom is -0.406 e. The number of halogens is 3. The van der Waals surface area contributed by atoms with Gasteiger partial charge < -0.3 is 20.3 Å². The highest BCUT2D eigenvalue weighted by molar-refractivity contribution is 7.20. The number of amides is 2. The zero-order valence-corrected chi connectivity index (χ0v) is 18.2. The lowest BCUT2D eigenvalue weighted by Crippen LogP contribution is -2.45. The number of piperidine rings is 1. The maximum Gasteiger partial charge on any atom is 0.573 e. The molecule has 2 amide bonds. The van der Waals surface area contributed by atoms with Gasteiger partial charge in [-0.2, -0.15) is 0 Å². The summed E-state index contributed by atoms with van der Waals surface area (Å²) in [6.45, 7) is 4.76. The van der Waals surface area contributed by atoms with E-state index in [2.05, 4.69) is 25.5 Å². The Kier molecular flexibility index (Phi) is 6.40. The number of ether oxygens (including phenoxy) is 1. The van der Waals surface area contributed by atoms with Gasteiger partial charge in [0.05, 0.1) is 11.9 Å². The van der Waals surface area contributed by atoms with E-state index in [0.717, 1.165) is 37.6 Å². The first kappa shape index (κ1) is 22.2. The Bertz CT molecular complexity index is 1040. The monoisotopic (exact) mass is 468 g/mol. The molecular formula is C20H23F3N6O2S. The molecule has 3 heterocycles. The minimum atomic E-state index is -4.74. The molecule has 1 fully saturated rings. The number of carbonyl (C=O) groups excluding carboxylic acids is 1. The number of imidazole rings is 1. The van der Waals surface area contributed by atoms with Gasteiger partial charge in [0.2, 0.25) is 10.1 Å². The number of anilines is 1. The summed E-state index contributed by atoms with van der Waals surface area (Å²) in [5, 5.41) is 11.4. The fourth-order valence-electron chi connectivity index (χ4n) is 3.60. The molecule has 1 saturated heterocycles. The van der Waals surface area contributed by atoms with Gasteiger partial charge in [0.15, 0.2) is 0 Å². The Labute approximate surface area is 186 Å². The highest BCUT2D eigenvalue weighted by Gasteiger charge is 2.31. The van der Waals surface area contributed by atoms with E-state index in [1.54, 1.807) is 16.8 Å². The molecule has 0 bridgehead atoms. The fourth-order valence-corrected chi connectivity index (χ4v) is 4.39. The second-order valence-electron chi connectivity index (χ2n) is 7.48. The minimum absolute atomic E-state index is 0.00799. The van der Waals surface area contributed by atoms with Crippen LogP contribution in [-0.4, -0.2) is 58.1 Å². The van der Waals surface area contributed by atoms with Crippen molar-refractivity contribution in [1.29, 1.82) is 0 Å². The van der Waals surface area contributed by atoms with Gasteiger partial charge in [-0.1, -0.05) is 23.5 Å². The van der Waals surface area contributed by atoms with Crippen LogP contribution in [0.4, 0.5) is 23.1 Å². The van der Waals surface area contributed by atoms with Gasteiger partial charge in [0.1, 0.15) is 5.75 Å². The first-order valence-corrected chi connectivity index (χ1v) is 11.1. The molecule has 1 aromatic carbocycles. The molecule has 0 spiro atoms. The number of urea groups is 1. The van der Waals surface area contributed by atoms with Crippen molar-refractivity contribution >= 4 is 27.5 Å². The zero-order chi connectivity index (χ0) is 22.7. The molecule has 3 aromatic rings. The van der Waals surface area contributed by atoms with Crippen molar-refractivity contribution in [2.45, 2.75) is 26.1 Å². The molecular weight excluding hydrogens is 445 g/mol. The quantitative estimate of drug-likeness (QED) is 0.566. The third-order valence-electron chi connectivity index (χ3n) is 5.18. The van der Waals surface area contributed by atoms with Gasteiger partial charge >= 0.3 is 12.4 Å². The predicted octanol–water partition coefficient (Wildman–Crippen LogP) is 4.21. The van der Waals surface area contributed by atoms with Crippen molar-refractivity contribution < 1.29 is 22.7 Å². The average molecular weight is 469 g/mol. The highest BCUT2D eigenvalue weighted by atomic mass is 32.1. The van der Waals surface area contributed by atoms with Crippen LogP contribution in [0.2, 0.25) is 0 Å². The summed E-state index contributed by atoms with van der Waals surface area (Å²) in [6.07, 6.45) is -1.22. The molecule has 0 saturated carbocycles. The molecule has 0 radical (unpaired) electrons. The van der Waals surface area contributed by atoms with Crippen LogP contribution in [0.1, 0.15) is 19.8 Å². The molecule has 172 valence electrons. The third-order valence-corrected chi connectivity index (χ3v) is 6.06. The summed E-state index contributed by atoms with van der Waals surface area (Å²) in [5.41, 5.74) is 1.03. The summed E-state index contributed by atoms with van der Waals surface area (Å²) in [4.78, 5) is 18.8. The highest BCUT2D eigenvalue weighted by Crippen LogP contribution is 2.29. The normalized spacial score (nSPS) is 15.2. The van der Waals surface area contributed by atoms with Crippen molar-refractivity contribution in [2.24, 2.45) is 5.92 Å². The summed E-state index contributed by atoms with van der Waals surface area (Å²) in [7, 11) is 0. The molecule has 32 heavy (non-hydrogen) atoms. The van der Waals surface area contributed by atoms with Crippen LogP contribution in [-0.2, 0) is 0 Å². The van der Waals surface area contributed by atoms with Gasteiger partial charge in [0.25, 0.3) is 0 Å².